The van der Waals surface area contributed by atoms with Gasteiger partial charge in [0, 0.05) is 18.0 Å². The fourth-order valence-corrected chi connectivity index (χ4v) is 3.57. The van der Waals surface area contributed by atoms with E-state index in [4.69, 9.17) is 10.5 Å². The van der Waals surface area contributed by atoms with Gasteiger partial charge in [0.05, 0.1) is 11.9 Å². The van der Waals surface area contributed by atoms with Crippen LogP contribution in [0.1, 0.15) is 30.7 Å². The van der Waals surface area contributed by atoms with Crippen LogP contribution >= 0.6 is 11.8 Å². The lowest BCUT2D eigenvalue weighted by molar-refractivity contribution is 0.0315. The predicted octanol–water partition coefficient (Wildman–Crippen LogP) is 3.31. The van der Waals surface area contributed by atoms with E-state index in [2.05, 4.69) is 20.3 Å². The summed E-state index contributed by atoms with van der Waals surface area (Å²) in [6, 6.07) is 8.00. The molecule has 0 unspecified atom stereocenters. The molecule has 2 heterocycles. The van der Waals surface area contributed by atoms with Crippen molar-refractivity contribution in [2.24, 2.45) is 0 Å². The Morgan fingerprint density at radius 2 is 2.12 bits per heavy atom. The number of hydrogen-bond acceptors (Lipinski definition) is 7. The summed E-state index contributed by atoms with van der Waals surface area (Å²) in [5.41, 5.74) is 7.93. The zero-order valence-corrected chi connectivity index (χ0v) is 14.7. The monoisotopic (exact) mass is 345 g/mol. The SMILES string of the molecule is Cc1ccccc1Nc1nc(N)nc(CSC[C@@H]2CCCCO2)n1. The highest BCUT2D eigenvalue weighted by molar-refractivity contribution is 7.98. The van der Waals surface area contributed by atoms with Crippen molar-refractivity contribution in [1.82, 2.24) is 15.0 Å². The van der Waals surface area contributed by atoms with Crippen LogP contribution in [0.15, 0.2) is 24.3 Å². The predicted molar refractivity (Wildman–Crippen MR) is 98.5 cm³/mol. The number of hydrogen-bond donors (Lipinski definition) is 2. The molecule has 6 nitrogen and oxygen atoms in total. The van der Waals surface area contributed by atoms with Crippen LogP contribution in [0, 0.1) is 6.92 Å². The molecule has 1 aliphatic heterocycles. The van der Waals surface area contributed by atoms with E-state index in [1.54, 1.807) is 11.8 Å². The third-order valence-electron chi connectivity index (χ3n) is 3.90. The highest BCUT2D eigenvalue weighted by atomic mass is 32.2. The number of anilines is 3. The van der Waals surface area contributed by atoms with E-state index < -0.39 is 0 Å². The first kappa shape index (κ1) is 17.0. The minimum absolute atomic E-state index is 0.241. The third-order valence-corrected chi connectivity index (χ3v) is 4.97. The summed E-state index contributed by atoms with van der Waals surface area (Å²) in [4.78, 5) is 12.9. The van der Waals surface area contributed by atoms with Crippen LogP contribution in [0.3, 0.4) is 0 Å². The second kappa shape index (κ2) is 8.30. The molecule has 0 amide bonds. The molecule has 0 radical (unpaired) electrons. The highest BCUT2D eigenvalue weighted by Gasteiger charge is 2.14. The van der Waals surface area contributed by atoms with Crippen molar-refractivity contribution in [3.63, 3.8) is 0 Å². The van der Waals surface area contributed by atoms with Gasteiger partial charge >= 0.3 is 0 Å². The molecule has 1 atom stereocenters. The van der Waals surface area contributed by atoms with Crippen molar-refractivity contribution in [1.29, 1.82) is 0 Å². The van der Waals surface area contributed by atoms with E-state index in [1.165, 1.54) is 12.8 Å². The van der Waals surface area contributed by atoms with Gasteiger partial charge < -0.3 is 15.8 Å². The van der Waals surface area contributed by atoms with Crippen LogP contribution in [0.25, 0.3) is 0 Å². The van der Waals surface area contributed by atoms with Crippen LogP contribution in [0.4, 0.5) is 17.6 Å². The number of para-hydroxylation sites is 1. The summed E-state index contributed by atoms with van der Waals surface area (Å²) in [6.45, 7) is 2.92. The Morgan fingerprint density at radius 1 is 1.25 bits per heavy atom. The average Bonchev–Trinajstić information content (AvgIpc) is 2.57. The molecule has 2 aromatic rings. The fourth-order valence-electron chi connectivity index (χ4n) is 2.61. The fraction of sp³-hybridized carbons (Fsp3) is 0.471. The molecular formula is C17H23N5OS. The van der Waals surface area contributed by atoms with Gasteiger partial charge in [0.1, 0.15) is 5.82 Å². The summed E-state index contributed by atoms with van der Waals surface area (Å²) in [7, 11) is 0. The number of aryl methyl sites for hydroxylation is 1. The highest BCUT2D eigenvalue weighted by Crippen LogP contribution is 2.21. The molecule has 0 spiro atoms. The second-order valence-electron chi connectivity index (χ2n) is 5.88. The molecule has 1 aromatic heterocycles. The zero-order valence-electron chi connectivity index (χ0n) is 13.9. The number of nitrogens with two attached hydrogens (primary N) is 1. The van der Waals surface area contributed by atoms with Gasteiger partial charge in [-0.2, -0.15) is 26.7 Å². The maximum absolute atomic E-state index is 5.83. The molecule has 3 N–H and O–H groups in total. The topological polar surface area (TPSA) is 86.0 Å². The lowest BCUT2D eigenvalue weighted by Gasteiger charge is -2.21. The van der Waals surface area contributed by atoms with Gasteiger partial charge in [-0.1, -0.05) is 18.2 Å². The van der Waals surface area contributed by atoms with Crippen LogP contribution in [-0.4, -0.2) is 33.4 Å². The average molecular weight is 345 g/mol. The Hall–Kier alpha value is -1.86. The van der Waals surface area contributed by atoms with Crippen molar-refractivity contribution >= 4 is 29.3 Å². The summed E-state index contributed by atoms with van der Waals surface area (Å²) < 4.78 is 5.74. The number of aromatic nitrogens is 3. The van der Waals surface area contributed by atoms with Crippen molar-refractivity contribution in [3.8, 4) is 0 Å². The van der Waals surface area contributed by atoms with Gasteiger partial charge in [0.2, 0.25) is 11.9 Å². The molecule has 0 aliphatic carbocycles. The van der Waals surface area contributed by atoms with Crippen LogP contribution in [0.2, 0.25) is 0 Å². The number of nitrogens with zero attached hydrogens (tertiary/aromatic N) is 3. The Labute approximate surface area is 146 Å². The number of benzene rings is 1. The first-order valence-electron chi connectivity index (χ1n) is 8.23. The van der Waals surface area contributed by atoms with Crippen molar-refractivity contribution in [2.75, 3.05) is 23.4 Å². The summed E-state index contributed by atoms with van der Waals surface area (Å²) >= 11 is 1.78. The summed E-state index contributed by atoms with van der Waals surface area (Å²) in [6.07, 6.45) is 3.94. The number of nitrogens with one attached hydrogen (secondary N) is 1. The number of ether oxygens (including phenoxy) is 1. The van der Waals surface area contributed by atoms with Crippen molar-refractivity contribution in [2.45, 2.75) is 38.0 Å². The van der Waals surface area contributed by atoms with Gasteiger partial charge in [-0.05, 0) is 37.8 Å². The second-order valence-corrected chi connectivity index (χ2v) is 6.91. The Kier molecular flexibility index (Phi) is 5.87. The van der Waals surface area contributed by atoms with Gasteiger partial charge in [-0.3, -0.25) is 0 Å². The normalized spacial score (nSPS) is 17.6. The van der Waals surface area contributed by atoms with E-state index in [9.17, 15) is 0 Å². The van der Waals surface area contributed by atoms with Gasteiger partial charge in [0.25, 0.3) is 0 Å². The molecule has 0 bridgehead atoms. The molecule has 3 rings (SSSR count). The van der Waals surface area contributed by atoms with Crippen molar-refractivity contribution < 1.29 is 4.74 Å². The van der Waals surface area contributed by atoms with E-state index in [0.29, 0.717) is 23.6 Å². The Bertz CT molecular complexity index is 676. The molecule has 0 saturated carbocycles. The third kappa shape index (κ3) is 4.82. The minimum Gasteiger partial charge on any atom is -0.377 e. The van der Waals surface area contributed by atoms with E-state index >= 15 is 0 Å². The van der Waals surface area contributed by atoms with Gasteiger partial charge in [0.15, 0.2) is 0 Å². The standard InChI is InChI=1S/C17H23N5OS/c1-12-6-2-3-8-14(12)19-17-21-15(20-16(18)22-17)11-24-10-13-7-4-5-9-23-13/h2-3,6,8,13H,4-5,7,9-11H2,1H3,(H3,18,19,20,21,22)/t13-/m0/s1. The quantitative estimate of drug-likeness (QED) is 0.830. The summed E-state index contributed by atoms with van der Waals surface area (Å²) in [5.74, 6) is 3.09. The number of thioether (sulfide) groups is 1. The van der Waals surface area contributed by atoms with E-state index in [0.717, 1.165) is 30.0 Å². The van der Waals surface area contributed by atoms with Gasteiger partial charge in [-0.15, -0.1) is 0 Å². The number of rotatable bonds is 6. The first-order valence-corrected chi connectivity index (χ1v) is 9.38. The maximum Gasteiger partial charge on any atom is 0.232 e. The van der Waals surface area contributed by atoms with Crippen LogP contribution in [-0.2, 0) is 10.5 Å². The maximum atomic E-state index is 5.83. The first-order chi connectivity index (χ1) is 11.7. The smallest absolute Gasteiger partial charge is 0.232 e. The van der Waals surface area contributed by atoms with Crippen LogP contribution in [0.5, 0.6) is 0 Å². The number of nitrogen functional groups attached to an aromatic ring is 1. The van der Waals surface area contributed by atoms with E-state index in [1.807, 2.05) is 31.2 Å². The molecule has 1 fully saturated rings. The molecular weight excluding hydrogens is 322 g/mol. The van der Waals surface area contributed by atoms with Gasteiger partial charge in [-0.25, -0.2) is 0 Å². The Balaban J connectivity index is 1.60. The van der Waals surface area contributed by atoms with Crippen molar-refractivity contribution in [3.05, 3.63) is 35.7 Å². The lowest BCUT2D eigenvalue weighted by atomic mass is 10.1. The molecule has 1 saturated heterocycles. The van der Waals surface area contributed by atoms with E-state index in [-0.39, 0.29) is 5.95 Å². The summed E-state index contributed by atoms with van der Waals surface area (Å²) in [5, 5.41) is 3.22. The molecule has 1 aromatic carbocycles. The molecule has 128 valence electrons. The minimum atomic E-state index is 0.241. The molecule has 1 aliphatic rings. The molecule has 24 heavy (non-hydrogen) atoms. The zero-order chi connectivity index (χ0) is 16.8. The molecule has 7 heteroatoms. The largest absolute Gasteiger partial charge is 0.377 e. The lowest BCUT2D eigenvalue weighted by Crippen LogP contribution is -2.21. The van der Waals surface area contributed by atoms with Crippen LogP contribution < -0.4 is 11.1 Å². The Morgan fingerprint density at radius 3 is 2.92 bits per heavy atom.